The third kappa shape index (κ3) is 5.60. The van der Waals surface area contributed by atoms with E-state index in [-0.39, 0.29) is 5.78 Å². The lowest BCUT2D eigenvalue weighted by Crippen LogP contribution is -2.27. The predicted molar refractivity (Wildman–Crippen MR) is 177 cm³/mol. The van der Waals surface area contributed by atoms with Crippen LogP contribution >= 0.6 is 22.9 Å². The van der Waals surface area contributed by atoms with Gasteiger partial charge in [-0.15, -0.1) is 11.3 Å². The van der Waals surface area contributed by atoms with Gasteiger partial charge in [0.05, 0.1) is 33.2 Å². The Kier molecular flexibility index (Phi) is 7.45. The normalized spacial score (nSPS) is 12.7. The number of thiazole rings is 1. The largest absolute Gasteiger partial charge is 0.360 e. The maximum absolute atomic E-state index is 13.1. The molecule has 8 heteroatoms. The first kappa shape index (κ1) is 29.2. The Balaban J connectivity index is 1.54. The number of Topliss-reactive ketones (excluding diaryl/α,β-unsaturated/α-hetero) is 1. The Morgan fingerprint density at radius 3 is 2.42 bits per heavy atom. The number of rotatable bonds is 6. The molecule has 0 aliphatic rings. The molecule has 3 aromatic heterocycles. The van der Waals surface area contributed by atoms with Crippen molar-refractivity contribution < 1.29 is 9.53 Å². The van der Waals surface area contributed by atoms with Crippen molar-refractivity contribution in [1.82, 2.24) is 19.7 Å². The molecule has 43 heavy (non-hydrogen) atoms. The van der Waals surface area contributed by atoms with E-state index in [1.165, 1.54) is 0 Å². The van der Waals surface area contributed by atoms with Gasteiger partial charge in [0.25, 0.3) is 0 Å². The van der Waals surface area contributed by atoms with Crippen LogP contribution in [-0.4, -0.2) is 31.1 Å². The number of hydrogen-bond acceptors (Lipinski definition) is 6. The molecule has 0 radical (unpaired) electrons. The summed E-state index contributed by atoms with van der Waals surface area (Å²) in [7, 11) is 1.96. The molecule has 6 nitrogen and oxygen atoms in total. The lowest BCUT2D eigenvalue weighted by Gasteiger charge is -2.29. The van der Waals surface area contributed by atoms with Crippen molar-refractivity contribution in [3.63, 3.8) is 0 Å². The Bertz CT molecular complexity index is 2020. The highest BCUT2D eigenvalue weighted by atomic mass is 35.5. The van der Waals surface area contributed by atoms with Gasteiger partial charge in [-0.25, -0.2) is 4.98 Å². The van der Waals surface area contributed by atoms with Crippen molar-refractivity contribution in [2.45, 2.75) is 53.2 Å². The number of fused-ring (bicyclic) bond motifs is 2. The molecule has 0 amide bonds. The fourth-order valence-electron chi connectivity index (χ4n) is 5.70. The average Bonchev–Trinajstić information content (AvgIpc) is 3.55. The van der Waals surface area contributed by atoms with Crippen LogP contribution in [0.5, 0.6) is 0 Å². The summed E-state index contributed by atoms with van der Waals surface area (Å²) in [6.07, 6.45) is 3.00. The molecular formula is C35H33ClN4O2S. The second-order valence-electron chi connectivity index (χ2n) is 12.0. The van der Waals surface area contributed by atoms with Gasteiger partial charge in [0.2, 0.25) is 0 Å². The number of ether oxygens (including phenoxy) is 1. The highest BCUT2D eigenvalue weighted by Crippen LogP contribution is 2.44. The van der Waals surface area contributed by atoms with Crippen molar-refractivity contribution >= 4 is 49.8 Å². The molecule has 0 spiro atoms. The maximum atomic E-state index is 13.1. The third-order valence-corrected chi connectivity index (χ3v) is 8.88. The van der Waals surface area contributed by atoms with Crippen molar-refractivity contribution in [3.8, 4) is 33.0 Å². The van der Waals surface area contributed by atoms with E-state index in [1.54, 1.807) is 18.3 Å². The molecule has 6 aromatic rings. The van der Waals surface area contributed by atoms with Gasteiger partial charge in [-0.3, -0.25) is 14.5 Å². The highest BCUT2D eigenvalue weighted by molar-refractivity contribution is 7.22. The van der Waals surface area contributed by atoms with Crippen LogP contribution in [0.3, 0.4) is 0 Å². The summed E-state index contributed by atoms with van der Waals surface area (Å²) in [5, 5.41) is 7.03. The molecule has 0 aliphatic carbocycles. The zero-order chi connectivity index (χ0) is 30.6. The minimum Gasteiger partial charge on any atom is -0.360 e. The Hall–Kier alpha value is -3.91. The summed E-state index contributed by atoms with van der Waals surface area (Å²) in [6, 6.07) is 18.2. The van der Waals surface area contributed by atoms with Crippen LogP contribution in [0.1, 0.15) is 50.5 Å². The zero-order valence-electron chi connectivity index (χ0n) is 25.3. The van der Waals surface area contributed by atoms with E-state index in [0.29, 0.717) is 5.02 Å². The van der Waals surface area contributed by atoms with Crippen molar-refractivity contribution in [3.05, 3.63) is 88.7 Å². The molecule has 3 heterocycles. The fraction of sp³-hybridized carbons (Fsp3) is 0.257. The summed E-state index contributed by atoms with van der Waals surface area (Å²) in [4.78, 5) is 22.9. The topological polar surface area (TPSA) is 69.9 Å². The summed E-state index contributed by atoms with van der Waals surface area (Å²) in [6.45, 7) is 11.6. The summed E-state index contributed by atoms with van der Waals surface area (Å²) >= 11 is 7.89. The van der Waals surface area contributed by atoms with Crippen LogP contribution in [0.15, 0.2) is 67.0 Å². The SMILES string of the molecule is CC(=O)[C@@H](OC(C)(C)C)c1c(C)cc2nc(-c3ccnc(-c4cc(C)c5c(cnn5C)c4)c3)sc2c1-c1ccc(Cl)cc1. The number of aromatic nitrogens is 4. The third-order valence-electron chi connectivity index (χ3n) is 7.49. The van der Waals surface area contributed by atoms with Gasteiger partial charge in [-0.05, 0) is 101 Å². The first-order valence-corrected chi connectivity index (χ1v) is 15.4. The second kappa shape index (κ2) is 11.0. The smallest absolute Gasteiger partial charge is 0.163 e. The van der Waals surface area contributed by atoms with Gasteiger partial charge in [0.1, 0.15) is 11.1 Å². The van der Waals surface area contributed by atoms with Gasteiger partial charge in [-0.2, -0.15) is 5.10 Å². The number of benzene rings is 3. The fourth-order valence-corrected chi connectivity index (χ4v) is 6.94. The molecule has 0 fully saturated rings. The number of hydrogen-bond donors (Lipinski definition) is 0. The molecule has 0 unspecified atom stereocenters. The standard InChI is InChI=1S/C35H33ClN4O2S/c1-19-15-28-33(30(22-8-10-26(36)11-9-22)29(19)32(21(3)41)42-35(4,5)6)43-34(39-28)23-12-13-37-27(17-23)24-14-20(2)31-25(16-24)18-38-40(31)7/h8-18,32H,1-7H3/t32-/m1/s1. The average molecular weight is 609 g/mol. The van der Waals surface area contributed by atoms with E-state index in [2.05, 4.69) is 36.3 Å². The molecule has 0 N–H and O–H groups in total. The zero-order valence-corrected chi connectivity index (χ0v) is 26.9. The van der Waals surface area contributed by atoms with E-state index in [0.717, 1.165) is 70.8 Å². The van der Waals surface area contributed by atoms with Gasteiger partial charge in [0.15, 0.2) is 5.78 Å². The van der Waals surface area contributed by atoms with E-state index in [4.69, 9.17) is 26.3 Å². The van der Waals surface area contributed by atoms with Gasteiger partial charge in [0, 0.05) is 45.9 Å². The Morgan fingerprint density at radius 2 is 1.72 bits per heavy atom. The number of ketones is 1. The lowest BCUT2D eigenvalue weighted by molar-refractivity contribution is -0.138. The molecule has 0 aliphatic heterocycles. The number of pyridine rings is 1. The van der Waals surface area contributed by atoms with Crippen LogP contribution in [-0.2, 0) is 16.6 Å². The second-order valence-corrected chi connectivity index (χ2v) is 13.4. The van der Waals surface area contributed by atoms with Crippen LogP contribution in [0.2, 0.25) is 5.02 Å². The van der Waals surface area contributed by atoms with Crippen LogP contribution in [0.4, 0.5) is 0 Å². The first-order valence-electron chi connectivity index (χ1n) is 14.2. The first-order chi connectivity index (χ1) is 20.4. The number of carbonyl (C=O) groups excluding carboxylic acids is 1. The number of aryl methyl sites for hydroxylation is 3. The van der Waals surface area contributed by atoms with Crippen LogP contribution < -0.4 is 0 Å². The summed E-state index contributed by atoms with van der Waals surface area (Å²) < 4.78 is 9.29. The molecular weight excluding hydrogens is 576 g/mol. The van der Waals surface area contributed by atoms with E-state index in [1.807, 2.05) is 82.1 Å². The molecule has 0 bridgehead atoms. The minimum absolute atomic E-state index is 0.0445. The monoisotopic (exact) mass is 608 g/mol. The van der Waals surface area contributed by atoms with Gasteiger partial charge < -0.3 is 4.74 Å². The Labute approximate surface area is 260 Å². The molecule has 1 atom stereocenters. The quantitative estimate of drug-likeness (QED) is 0.188. The van der Waals surface area contributed by atoms with Gasteiger partial charge in [-0.1, -0.05) is 23.7 Å². The maximum Gasteiger partial charge on any atom is 0.163 e. The number of carbonyl (C=O) groups is 1. The summed E-state index contributed by atoms with van der Waals surface area (Å²) in [5.41, 5.74) is 9.23. The molecule has 0 saturated carbocycles. The molecule has 218 valence electrons. The molecule has 3 aromatic carbocycles. The van der Waals surface area contributed by atoms with Crippen LogP contribution in [0, 0.1) is 13.8 Å². The van der Waals surface area contributed by atoms with Gasteiger partial charge >= 0.3 is 0 Å². The Morgan fingerprint density at radius 1 is 0.977 bits per heavy atom. The number of halogens is 1. The summed E-state index contributed by atoms with van der Waals surface area (Å²) in [5.74, 6) is -0.0445. The lowest BCUT2D eigenvalue weighted by atomic mass is 9.90. The molecule has 6 rings (SSSR count). The van der Waals surface area contributed by atoms with Crippen molar-refractivity contribution in [2.24, 2.45) is 7.05 Å². The number of nitrogens with zero attached hydrogens (tertiary/aromatic N) is 4. The predicted octanol–water partition coefficient (Wildman–Crippen LogP) is 9.29. The minimum atomic E-state index is -0.723. The van der Waals surface area contributed by atoms with Crippen molar-refractivity contribution in [1.29, 1.82) is 0 Å². The highest BCUT2D eigenvalue weighted by Gasteiger charge is 2.30. The van der Waals surface area contributed by atoms with E-state index in [9.17, 15) is 4.79 Å². The van der Waals surface area contributed by atoms with E-state index >= 15 is 0 Å². The van der Waals surface area contributed by atoms with Crippen LogP contribution in [0.25, 0.3) is 54.1 Å². The molecule has 0 saturated heterocycles. The van der Waals surface area contributed by atoms with Crippen molar-refractivity contribution in [2.75, 3.05) is 0 Å². The van der Waals surface area contributed by atoms with E-state index < -0.39 is 11.7 Å².